The summed E-state index contributed by atoms with van der Waals surface area (Å²) in [4.78, 5) is 18.6. The van der Waals surface area contributed by atoms with Crippen molar-refractivity contribution in [3.63, 3.8) is 0 Å². The number of esters is 1. The summed E-state index contributed by atoms with van der Waals surface area (Å²) in [6.07, 6.45) is 0. The van der Waals surface area contributed by atoms with E-state index in [0.717, 1.165) is 26.4 Å². The smallest absolute Gasteiger partial charge is 0.322 e. The number of hydrogen-bond donors (Lipinski definition) is 1. The van der Waals surface area contributed by atoms with Gasteiger partial charge in [-0.3, -0.25) is 9.69 Å². The van der Waals surface area contributed by atoms with Crippen molar-refractivity contribution in [2.24, 2.45) is 0 Å². The molecule has 0 saturated heterocycles. The monoisotopic (exact) mass is 384 g/mol. The van der Waals surface area contributed by atoms with E-state index < -0.39 is 6.04 Å². The van der Waals surface area contributed by atoms with Gasteiger partial charge in [0.1, 0.15) is 17.7 Å². The first kappa shape index (κ1) is 17.8. The fraction of sp³-hybridized carbons (Fsp3) is 0.300. The number of carbonyl (C=O) groups is 1. The van der Waals surface area contributed by atoms with Gasteiger partial charge in [-0.2, -0.15) is 0 Å². The first-order valence-electron chi connectivity index (χ1n) is 8.73. The molecule has 1 aromatic heterocycles. The number of methoxy groups -OCH3 is 1. The van der Waals surface area contributed by atoms with Crippen LogP contribution in [0.5, 0.6) is 11.5 Å². The zero-order chi connectivity index (χ0) is 19.0. The summed E-state index contributed by atoms with van der Waals surface area (Å²) in [5, 5.41) is 11.4. The lowest BCUT2D eigenvalue weighted by Gasteiger charge is -2.24. The average molecular weight is 384 g/mol. The number of fused-ring (bicyclic) bond motifs is 2. The normalized spacial score (nSPS) is 15.6. The second-order valence-corrected chi connectivity index (χ2v) is 7.52. The van der Waals surface area contributed by atoms with Crippen molar-refractivity contribution in [3.8, 4) is 22.1 Å². The molecule has 0 fully saturated rings. The number of ether oxygens (including phenoxy) is 2. The topological polar surface area (TPSA) is 71.9 Å². The molecule has 0 aliphatic carbocycles. The third kappa shape index (κ3) is 3.36. The molecular formula is C20H20N2O4S. The lowest BCUT2D eigenvalue weighted by atomic mass is 10.1. The Balaban J connectivity index is 1.72. The molecule has 0 saturated carbocycles. The summed E-state index contributed by atoms with van der Waals surface area (Å²) in [5.41, 5.74) is 2.60. The van der Waals surface area contributed by atoms with E-state index in [1.165, 1.54) is 7.11 Å². The number of para-hydroxylation sites is 1. The van der Waals surface area contributed by atoms with E-state index in [-0.39, 0.29) is 11.7 Å². The molecule has 0 unspecified atom stereocenters. The molecule has 140 valence electrons. The third-order valence-corrected chi connectivity index (χ3v) is 5.86. The number of thiazole rings is 1. The summed E-state index contributed by atoms with van der Waals surface area (Å²) in [6.45, 7) is 3.26. The second-order valence-electron chi connectivity index (χ2n) is 6.49. The molecule has 6 nitrogen and oxygen atoms in total. The molecule has 3 aromatic rings. The Morgan fingerprint density at radius 2 is 2.19 bits per heavy atom. The molecule has 0 spiro atoms. The summed E-state index contributed by atoms with van der Waals surface area (Å²) in [6, 6.07) is 11.2. The highest BCUT2D eigenvalue weighted by atomic mass is 32.1. The number of aromatic nitrogens is 1. The minimum Gasteiger partial charge on any atom is -0.504 e. The highest BCUT2D eigenvalue weighted by Gasteiger charge is 2.27. The van der Waals surface area contributed by atoms with Crippen LogP contribution in [-0.2, 0) is 16.1 Å². The second kappa shape index (κ2) is 7.17. The van der Waals surface area contributed by atoms with Crippen LogP contribution in [0, 0.1) is 0 Å². The number of carbonyl (C=O) groups excluding carboxylic acids is 1. The molecular weight excluding hydrogens is 364 g/mol. The van der Waals surface area contributed by atoms with Crippen molar-refractivity contribution in [1.82, 2.24) is 9.88 Å². The van der Waals surface area contributed by atoms with Gasteiger partial charge in [-0.1, -0.05) is 12.1 Å². The minimum absolute atomic E-state index is 0.0920. The Morgan fingerprint density at radius 3 is 2.96 bits per heavy atom. The standard InChI is InChI=1S/C20H20N2O4S/c1-12(20(24)25-2)22-7-8-26-18-14(11-22)9-13(10-16(18)23)19-21-15-5-3-4-6-17(15)27-19/h3-6,9-10,12,23H,7-8,11H2,1-2H3/t12-/m1/s1. The number of benzene rings is 2. The van der Waals surface area contributed by atoms with Crippen LogP contribution in [0.25, 0.3) is 20.8 Å². The fourth-order valence-corrected chi connectivity index (χ4v) is 4.24. The van der Waals surface area contributed by atoms with Gasteiger partial charge in [-0.15, -0.1) is 11.3 Å². The molecule has 27 heavy (non-hydrogen) atoms. The molecule has 1 aliphatic heterocycles. The van der Waals surface area contributed by atoms with E-state index in [2.05, 4.69) is 4.98 Å². The molecule has 2 aromatic carbocycles. The number of nitrogens with zero attached hydrogens (tertiary/aromatic N) is 2. The highest BCUT2D eigenvalue weighted by molar-refractivity contribution is 7.21. The van der Waals surface area contributed by atoms with Crippen LogP contribution in [0.15, 0.2) is 36.4 Å². The predicted molar refractivity (Wildman–Crippen MR) is 104 cm³/mol. The molecule has 1 N–H and O–H groups in total. The number of hydrogen-bond acceptors (Lipinski definition) is 7. The molecule has 0 radical (unpaired) electrons. The van der Waals surface area contributed by atoms with Gasteiger partial charge in [0.15, 0.2) is 11.5 Å². The van der Waals surface area contributed by atoms with Gasteiger partial charge in [0.2, 0.25) is 0 Å². The fourth-order valence-electron chi connectivity index (χ4n) is 3.29. The predicted octanol–water partition coefficient (Wildman–Crippen LogP) is 3.42. The van der Waals surface area contributed by atoms with E-state index in [4.69, 9.17) is 9.47 Å². The SMILES string of the molecule is COC(=O)[C@@H](C)N1CCOc2c(O)cc(-c3nc4ccccc4s3)cc2C1. The molecule has 0 amide bonds. The number of phenols is 1. The highest BCUT2D eigenvalue weighted by Crippen LogP contribution is 2.39. The Kier molecular flexibility index (Phi) is 4.72. The lowest BCUT2D eigenvalue weighted by molar-refractivity contribution is -0.146. The van der Waals surface area contributed by atoms with Gasteiger partial charge in [0, 0.05) is 24.2 Å². The van der Waals surface area contributed by atoms with E-state index in [0.29, 0.717) is 25.4 Å². The van der Waals surface area contributed by atoms with Gasteiger partial charge < -0.3 is 14.6 Å². The summed E-state index contributed by atoms with van der Waals surface area (Å²) < 4.78 is 11.7. The summed E-state index contributed by atoms with van der Waals surface area (Å²) in [7, 11) is 1.39. The van der Waals surface area contributed by atoms with Crippen molar-refractivity contribution < 1.29 is 19.4 Å². The molecule has 1 aliphatic rings. The molecule has 2 heterocycles. The van der Waals surface area contributed by atoms with Gasteiger partial charge >= 0.3 is 5.97 Å². The van der Waals surface area contributed by atoms with Gasteiger partial charge in [-0.25, -0.2) is 4.98 Å². The minimum atomic E-state index is -0.391. The van der Waals surface area contributed by atoms with Crippen LogP contribution in [0.1, 0.15) is 12.5 Å². The van der Waals surface area contributed by atoms with Crippen molar-refractivity contribution in [1.29, 1.82) is 0 Å². The first-order chi connectivity index (χ1) is 13.1. The van der Waals surface area contributed by atoms with Gasteiger partial charge in [-0.05, 0) is 31.2 Å². The van der Waals surface area contributed by atoms with Crippen LogP contribution in [0.2, 0.25) is 0 Å². The van der Waals surface area contributed by atoms with Crippen molar-refractivity contribution in [3.05, 3.63) is 42.0 Å². The Bertz CT molecular complexity index is 968. The largest absolute Gasteiger partial charge is 0.504 e. The van der Waals surface area contributed by atoms with E-state index in [1.54, 1.807) is 17.4 Å². The summed E-state index contributed by atoms with van der Waals surface area (Å²) >= 11 is 1.58. The van der Waals surface area contributed by atoms with Gasteiger partial charge in [0.25, 0.3) is 0 Å². The van der Waals surface area contributed by atoms with Crippen LogP contribution in [-0.4, -0.2) is 47.3 Å². The van der Waals surface area contributed by atoms with Gasteiger partial charge in [0.05, 0.1) is 17.3 Å². The number of phenolic OH excluding ortho intramolecular Hbond substituents is 1. The Hall–Kier alpha value is -2.64. The third-order valence-electron chi connectivity index (χ3n) is 4.78. The maximum atomic E-state index is 11.9. The maximum Gasteiger partial charge on any atom is 0.322 e. The number of rotatable bonds is 3. The average Bonchev–Trinajstić information content (AvgIpc) is 2.99. The summed E-state index contributed by atoms with van der Waals surface area (Å²) in [5.74, 6) is 0.277. The van der Waals surface area contributed by atoms with E-state index >= 15 is 0 Å². The molecule has 0 bridgehead atoms. The Morgan fingerprint density at radius 1 is 1.37 bits per heavy atom. The first-order valence-corrected chi connectivity index (χ1v) is 9.55. The lowest BCUT2D eigenvalue weighted by Crippen LogP contribution is -2.40. The zero-order valence-corrected chi connectivity index (χ0v) is 16.0. The molecule has 7 heteroatoms. The van der Waals surface area contributed by atoms with Crippen LogP contribution in [0.4, 0.5) is 0 Å². The van der Waals surface area contributed by atoms with Crippen molar-refractivity contribution in [2.75, 3.05) is 20.3 Å². The Labute approximate surface area is 161 Å². The maximum absolute atomic E-state index is 11.9. The molecule has 1 atom stereocenters. The quantitative estimate of drug-likeness (QED) is 0.698. The van der Waals surface area contributed by atoms with Crippen LogP contribution < -0.4 is 4.74 Å². The van der Waals surface area contributed by atoms with E-state index in [1.807, 2.05) is 42.2 Å². The number of aromatic hydroxyl groups is 1. The van der Waals surface area contributed by atoms with Crippen molar-refractivity contribution in [2.45, 2.75) is 19.5 Å². The van der Waals surface area contributed by atoms with E-state index in [9.17, 15) is 9.90 Å². The van der Waals surface area contributed by atoms with Crippen LogP contribution in [0.3, 0.4) is 0 Å². The van der Waals surface area contributed by atoms with Crippen LogP contribution >= 0.6 is 11.3 Å². The van der Waals surface area contributed by atoms with Crippen molar-refractivity contribution >= 4 is 27.5 Å². The molecule has 4 rings (SSSR count). The zero-order valence-electron chi connectivity index (χ0n) is 15.1.